The number of carbonyl (C=O) groups is 1. The van der Waals surface area contributed by atoms with E-state index in [1.165, 1.54) is 0 Å². The van der Waals surface area contributed by atoms with Crippen molar-refractivity contribution in [3.05, 3.63) is 83.4 Å². The highest BCUT2D eigenvalue weighted by atomic mass is 35.5. The predicted octanol–water partition coefficient (Wildman–Crippen LogP) is 4.47. The molecule has 252 valence electrons. The molecule has 10 nitrogen and oxygen atoms in total. The summed E-state index contributed by atoms with van der Waals surface area (Å²) in [6, 6.07) is 10.7. The highest BCUT2D eigenvalue weighted by molar-refractivity contribution is 7.86. The maximum absolute atomic E-state index is 13.3. The summed E-state index contributed by atoms with van der Waals surface area (Å²) < 4.78 is 37.4. The van der Waals surface area contributed by atoms with Crippen LogP contribution in [0.15, 0.2) is 61.7 Å². The third kappa shape index (κ3) is 8.50. The number of methoxy groups -OCH3 is 1. The number of unbranched alkanes of at least 4 members (excludes halogenated alkanes) is 1. The van der Waals surface area contributed by atoms with E-state index in [1.54, 1.807) is 30.4 Å². The number of carbonyl (C=O) groups excluding carboxylic acids is 1. The molecule has 1 heterocycles. The minimum absolute atomic E-state index is 0.0253. The summed E-state index contributed by atoms with van der Waals surface area (Å²) in [5, 5.41) is 28.7. The number of anilines is 1. The summed E-state index contributed by atoms with van der Waals surface area (Å²) in [6.45, 7) is 8.30. The number of hydrogen-bond acceptors (Lipinski definition) is 8. The second kappa shape index (κ2) is 15.8. The topological polar surface area (TPSA) is 143 Å². The molecule has 0 radical (unpaired) electrons. The van der Waals surface area contributed by atoms with E-state index in [2.05, 4.69) is 18.1 Å². The lowest BCUT2D eigenvalue weighted by molar-refractivity contribution is -0.164. The molecular weight excluding hydrogens is 630 g/mol. The van der Waals surface area contributed by atoms with Crippen LogP contribution in [0.3, 0.4) is 0 Å². The Labute approximate surface area is 277 Å². The van der Waals surface area contributed by atoms with Gasteiger partial charge in [-0.25, -0.2) is 9.93 Å². The molecule has 1 saturated carbocycles. The first-order valence-corrected chi connectivity index (χ1v) is 17.6. The molecule has 4 rings (SSSR count). The van der Waals surface area contributed by atoms with Gasteiger partial charge in [0.1, 0.15) is 12.4 Å². The largest absolute Gasteiger partial charge is 0.487 e. The Balaban J connectivity index is 1.78. The maximum atomic E-state index is 13.3. The molecule has 0 spiro atoms. The van der Waals surface area contributed by atoms with Crippen molar-refractivity contribution in [3.63, 3.8) is 0 Å². The number of hydrogen-bond donors (Lipinski definition) is 3. The third-order valence-electron chi connectivity index (χ3n) is 9.17. The van der Waals surface area contributed by atoms with Crippen molar-refractivity contribution >= 4 is 33.5 Å². The van der Waals surface area contributed by atoms with Crippen LogP contribution in [-0.4, -0.2) is 68.3 Å². The zero-order chi connectivity index (χ0) is 33.5. The molecule has 0 amide bonds. The summed E-state index contributed by atoms with van der Waals surface area (Å²) >= 11 is 6.32. The van der Waals surface area contributed by atoms with Gasteiger partial charge in [-0.3, -0.25) is 0 Å². The van der Waals surface area contributed by atoms with Gasteiger partial charge >= 0.3 is 5.97 Å². The van der Waals surface area contributed by atoms with E-state index in [9.17, 15) is 23.4 Å². The summed E-state index contributed by atoms with van der Waals surface area (Å²) in [5.41, 5.74) is 0.540. The lowest BCUT2D eigenvalue weighted by Gasteiger charge is -2.42. The summed E-state index contributed by atoms with van der Waals surface area (Å²) in [6.07, 6.45) is 7.91. The number of aryl methyl sites for hydroxylation is 1. The number of benzene rings is 2. The molecule has 4 N–H and O–H groups in total. The van der Waals surface area contributed by atoms with Crippen molar-refractivity contribution in [2.75, 3.05) is 38.2 Å². The number of nitrogens with zero attached hydrogens (tertiary/aromatic N) is 2. The van der Waals surface area contributed by atoms with Gasteiger partial charge < -0.3 is 24.6 Å². The van der Waals surface area contributed by atoms with Crippen LogP contribution in [0.5, 0.6) is 5.75 Å². The van der Waals surface area contributed by atoms with Crippen LogP contribution in [0.25, 0.3) is 0 Å². The minimum Gasteiger partial charge on any atom is -0.487 e. The average Bonchev–Trinajstić information content (AvgIpc) is 3.04. The van der Waals surface area contributed by atoms with Crippen molar-refractivity contribution in [1.82, 2.24) is 4.31 Å². The van der Waals surface area contributed by atoms with Crippen LogP contribution in [0, 0.1) is 11.8 Å². The normalized spacial score (nSPS) is 20.5. The number of aliphatic hydroxyl groups is 2. The first-order chi connectivity index (χ1) is 21.9. The molecule has 0 bridgehead atoms. The van der Waals surface area contributed by atoms with Gasteiger partial charge in [-0.15, -0.1) is 13.2 Å². The Hall–Kier alpha value is -2.93. The predicted molar refractivity (Wildman–Crippen MR) is 180 cm³/mol. The van der Waals surface area contributed by atoms with Crippen molar-refractivity contribution in [2.45, 2.75) is 63.3 Å². The number of allylic oxidation sites excluding steroid dienone is 1. The Kier molecular flexibility index (Phi) is 12.3. The van der Waals surface area contributed by atoms with Gasteiger partial charge in [0.25, 0.3) is 10.2 Å². The van der Waals surface area contributed by atoms with Crippen LogP contribution < -0.4 is 14.8 Å². The zero-order valence-electron chi connectivity index (χ0n) is 26.4. The third-order valence-corrected chi connectivity index (χ3v) is 10.4. The summed E-state index contributed by atoms with van der Waals surface area (Å²) in [7, 11) is -3.15. The molecule has 2 aliphatic rings. The van der Waals surface area contributed by atoms with Gasteiger partial charge in [-0.05, 0) is 97.7 Å². The first-order valence-electron chi connectivity index (χ1n) is 15.7. The quantitative estimate of drug-likeness (QED) is 0.160. The molecule has 1 unspecified atom stereocenters. The second-order valence-electron chi connectivity index (χ2n) is 12.2. The molecule has 1 aliphatic carbocycles. The number of nitrogens with two attached hydrogens (primary N) is 1. The van der Waals surface area contributed by atoms with E-state index in [4.69, 9.17) is 26.2 Å². The van der Waals surface area contributed by atoms with Crippen molar-refractivity contribution in [1.29, 1.82) is 0 Å². The number of esters is 1. The smallest absolute Gasteiger partial charge is 0.343 e. The van der Waals surface area contributed by atoms with Crippen molar-refractivity contribution < 1.29 is 32.9 Å². The van der Waals surface area contributed by atoms with Crippen LogP contribution in [0.2, 0.25) is 5.02 Å². The minimum atomic E-state index is -4.29. The van der Waals surface area contributed by atoms with E-state index >= 15 is 0 Å². The fraction of sp³-hybridized carbons (Fsp3) is 0.500. The molecule has 46 heavy (non-hydrogen) atoms. The van der Waals surface area contributed by atoms with Crippen LogP contribution >= 0.6 is 11.6 Å². The first kappa shape index (κ1) is 35.9. The van der Waals surface area contributed by atoms with E-state index in [-0.39, 0.29) is 30.6 Å². The van der Waals surface area contributed by atoms with E-state index < -0.39 is 34.4 Å². The highest BCUT2D eigenvalue weighted by Crippen LogP contribution is 2.41. The van der Waals surface area contributed by atoms with Crippen LogP contribution in [0.1, 0.15) is 55.2 Å². The van der Waals surface area contributed by atoms with Crippen LogP contribution in [0.4, 0.5) is 5.69 Å². The Morgan fingerprint density at radius 3 is 2.67 bits per heavy atom. The van der Waals surface area contributed by atoms with Gasteiger partial charge in [0.15, 0.2) is 0 Å². The molecule has 4 atom stereocenters. The number of ether oxygens (including phenoxy) is 2. The van der Waals surface area contributed by atoms with E-state index in [0.29, 0.717) is 42.4 Å². The lowest BCUT2D eigenvalue weighted by Crippen LogP contribution is -2.51. The SMILES string of the molecule is C=CCCCN(CC(O)(C(=O)OC)c1ccc2c(c1)N(C[C@@H]1CC[C@H]1[C@@H](O)C=C)CCCCc1cc(Cl)ccc1CO2)S(N)(=O)=O. The van der Waals surface area contributed by atoms with E-state index in [1.807, 2.05) is 18.2 Å². The Morgan fingerprint density at radius 1 is 1.24 bits per heavy atom. The average molecular weight is 676 g/mol. The van der Waals surface area contributed by atoms with Gasteiger partial charge in [-0.1, -0.05) is 35.9 Å². The summed E-state index contributed by atoms with van der Waals surface area (Å²) in [5.74, 6) is -0.227. The maximum Gasteiger partial charge on any atom is 0.343 e. The van der Waals surface area contributed by atoms with Gasteiger partial charge in [0.2, 0.25) is 5.60 Å². The second-order valence-corrected chi connectivity index (χ2v) is 14.2. The summed E-state index contributed by atoms with van der Waals surface area (Å²) in [4.78, 5) is 15.4. The number of rotatable bonds is 13. The fourth-order valence-corrected chi connectivity index (χ4v) is 7.28. The van der Waals surface area contributed by atoms with E-state index in [0.717, 1.165) is 54.6 Å². The number of fused-ring (bicyclic) bond motifs is 2. The molecule has 0 aromatic heterocycles. The monoisotopic (exact) mass is 675 g/mol. The standard InChI is InChI=1S/C34H46ClN3O7S/c1-4-6-8-18-38(46(36,42)43)23-34(41,33(40)44-3)27-13-16-32-30(20-27)37(21-25-12-15-29(25)31(39)5-2)17-9-7-10-24-19-28(35)14-11-26(24)22-45-32/h4-5,11,13-14,16,19-20,25,29,31,39,41H,1-2,6-10,12,15,17-18,21-23H2,3H3,(H2,36,42,43)/t25-,29+,31-,34?/m0/s1. The Morgan fingerprint density at radius 2 is 2.02 bits per heavy atom. The zero-order valence-corrected chi connectivity index (χ0v) is 28.0. The number of halogens is 1. The Bertz CT molecular complexity index is 1500. The van der Waals surface area contributed by atoms with Gasteiger partial charge in [0, 0.05) is 24.7 Å². The molecule has 12 heteroatoms. The lowest BCUT2D eigenvalue weighted by atomic mass is 9.70. The van der Waals surface area contributed by atoms with Crippen molar-refractivity contribution in [2.24, 2.45) is 17.0 Å². The molecule has 2 aromatic rings. The highest BCUT2D eigenvalue weighted by Gasteiger charge is 2.44. The molecule has 2 aromatic carbocycles. The molecule has 1 fully saturated rings. The molecular formula is C34H46ClN3O7S. The molecule has 0 saturated heterocycles. The number of aliphatic hydroxyl groups excluding tert-OH is 1. The fourth-order valence-electron chi connectivity index (χ4n) is 6.33. The van der Waals surface area contributed by atoms with Gasteiger partial charge in [0.05, 0.1) is 25.4 Å². The van der Waals surface area contributed by atoms with Gasteiger partial charge in [-0.2, -0.15) is 12.7 Å². The van der Waals surface area contributed by atoms with Crippen molar-refractivity contribution in [3.8, 4) is 5.75 Å². The molecule has 1 aliphatic heterocycles. The van der Waals surface area contributed by atoms with Crippen LogP contribution in [-0.2, 0) is 38.4 Å².